The van der Waals surface area contributed by atoms with Crippen LogP contribution in [0.15, 0.2) is 24.3 Å². The van der Waals surface area contributed by atoms with Crippen molar-refractivity contribution in [3.63, 3.8) is 0 Å². The molecule has 17 heavy (non-hydrogen) atoms. The monoisotopic (exact) mass is 233 g/mol. The SMILES string of the molecule is CN[C@@H](Cc1cccc(C(C)(C)C)c1)C(C)=O. The van der Waals surface area contributed by atoms with Gasteiger partial charge < -0.3 is 5.32 Å². The van der Waals surface area contributed by atoms with Crippen LogP contribution in [0, 0.1) is 0 Å². The van der Waals surface area contributed by atoms with E-state index < -0.39 is 0 Å². The second-order valence-corrected chi connectivity index (χ2v) is 5.61. The Labute approximate surface area is 104 Å². The summed E-state index contributed by atoms with van der Waals surface area (Å²) in [7, 11) is 1.83. The van der Waals surface area contributed by atoms with E-state index in [1.807, 2.05) is 7.05 Å². The van der Waals surface area contributed by atoms with Gasteiger partial charge in [-0.05, 0) is 36.9 Å². The topological polar surface area (TPSA) is 29.1 Å². The lowest BCUT2D eigenvalue weighted by Crippen LogP contribution is -2.34. The maximum absolute atomic E-state index is 11.4. The Morgan fingerprint density at radius 3 is 2.47 bits per heavy atom. The predicted molar refractivity (Wildman–Crippen MR) is 72.4 cm³/mol. The summed E-state index contributed by atoms with van der Waals surface area (Å²) in [6, 6.07) is 8.43. The molecule has 0 aliphatic heterocycles. The minimum Gasteiger partial charge on any atom is -0.310 e. The molecule has 1 atom stereocenters. The molecule has 0 saturated carbocycles. The van der Waals surface area contributed by atoms with Crippen molar-refractivity contribution < 1.29 is 4.79 Å². The molecule has 1 N–H and O–H groups in total. The number of likely N-dealkylation sites (N-methyl/N-ethyl adjacent to an activating group) is 1. The van der Waals surface area contributed by atoms with Crippen molar-refractivity contribution in [1.82, 2.24) is 5.32 Å². The fourth-order valence-electron chi connectivity index (χ4n) is 1.85. The Morgan fingerprint density at radius 1 is 1.35 bits per heavy atom. The highest BCUT2D eigenvalue weighted by molar-refractivity contribution is 5.81. The van der Waals surface area contributed by atoms with Gasteiger partial charge in [-0.1, -0.05) is 45.0 Å². The molecular formula is C15H23NO. The predicted octanol–water partition coefficient (Wildman–Crippen LogP) is 2.70. The summed E-state index contributed by atoms with van der Waals surface area (Å²) in [4.78, 5) is 11.4. The van der Waals surface area contributed by atoms with E-state index in [-0.39, 0.29) is 17.2 Å². The van der Waals surface area contributed by atoms with Crippen LogP contribution < -0.4 is 5.32 Å². The number of ketones is 1. The van der Waals surface area contributed by atoms with Crippen molar-refractivity contribution in [2.75, 3.05) is 7.05 Å². The number of rotatable bonds is 4. The minimum atomic E-state index is -0.0785. The number of Topliss-reactive ketones (excluding diaryl/α,β-unsaturated/α-hetero) is 1. The minimum absolute atomic E-state index is 0.0785. The first kappa shape index (κ1) is 13.9. The first-order valence-electron chi connectivity index (χ1n) is 6.11. The summed E-state index contributed by atoms with van der Waals surface area (Å²) in [5, 5.41) is 3.06. The van der Waals surface area contributed by atoms with Crippen LogP contribution in [-0.2, 0) is 16.6 Å². The van der Waals surface area contributed by atoms with Gasteiger partial charge in [-0.2, -0.15) is 0 Å². The Bertz CT molecular complexity index is 390. The molecule has 0 fully saturated rings. The zero-order valence-electron chi connectivity index (χ0n) is 11.5. The molecule has 0 bridgehead atoms. The van der Waals surface area contributed by atoms with E-state index in [2.05, 4.69) is 50.4 Å². The molecule has 0 unspecified atom stereocenters. The molecule has 94 valence electrons. The van der Waals surface area contributed by atoms with Crippen LogP contribution in [0.5, 0.6) is 0 Å². The largest absolute Gasteiger partial charge is 0.310 e. The quantitative estimate of drug-likeness (QED) is 0.866. The van der Waals surface area contributed by atoms with Crippen molar-refractivity contribution in [2.45, 2.75) is 45.6 Å². The molecule has 0 amide bonds. The van der Waals surface area contributed by atoms with E-state index in [1.165, 1.54) is 11.1 Å². The van der Waals surface area contributed by atoms with E-state index in [4.69, 9.17) is 0 Å². The van der Waals surface area contributed by atoms with Crippen LogP contribution >= 0.6 is 0 Å². The third-order valence-corrected chi connectivity index (χ3v) is 3.07. The average Bonchev–Trinajstić information content (AvgIpc) is 2.24. The zero-order valence-corrected chi connectivity index (χ0v) is 11.5. The zero-order chi connectivity index (χ0) is 13.1. The number of carbonyl (C=O) groups is 1. The van der Waals surface area contributed by atoms with Gasteiger partial charge in [0.2, 0.25) is 0 Å². The van der Waals surface area contributed by atoms with Gasteiger partial charge in [0.15, 0.2) is 0 Å². The standard InChI is InChI=1S/C15H23NO/c1-11(17)14(16-5)10-12-7-6-8-13(9-12)15(2,3)4/h6-9,14,16H,10H2,1-5H3/t14-/m0/s1. The fourth-order valence-corrected chi connectivity index (χ4v) is 1.85. The second-order valence-electron chi connectivity index (χ2n) is 5.61. The molecule has 1 aromatic rings. The first-order valence-corrected chi connectivity index (χ1v) is 6.11. The Hall–Kier alpha value is -1.15. The van der Waals surface area contributed by atoms with Crippen LogP contribution in [-0.4, -0.2) is 18.9 Å². The number of carbonyl (C=O) groups excluding carboxylic acids is 1. The smallest absolute Gasteiger partial charge is 0.147 e. The lowest BCUT2D eigenvalue weighted by atomic mass is 9.85. The van der Waals surface area contributed by atoms with Crippen LogP contribution in [0.3, 0.4) is 0 Å². The normalized spacial score (nSPS) is 13.5. The molecule has 0 spiro atoms. The Morgan fingerprint density at radius 2 is 2.00 bits per heavy atom. The van der Waals surface area contributed by atoms with Crippen molar-refractivity contribution >= 4 is 5.78 Å². The highest BCUT2D eigenvalue weighted by Crippen LogP contribution is 2.23. The Kier molecular flexibility index (Phi) is 4.47. The van der Waals surface area contributed by atoms with Gasteiger partial charge >= 0.3 is 0 Å². The molecule has 1 rings (SSSR count). The molecule has 2 heteroatoms. The number of hydrogen-bond donors (Lipinski definition) is 1. The van der Waals surface area contributed by atoms with Crippen molar-refractivity contribution in [3.05, 3.63) is 35.4 Å². The van der Waals surface area contributed by atoms with Crippen molar-refractivity contribution in [2.24, 2.45) is 0 Å². The summed E-state index contributed by atoms with van der Waals surface area (Å²) in [6.45, 7) is 8.24. The third-order valence-electron chi connectivity index (χ3n) is 3.07. The molecular weight excluding hydrogens is 210 g/mol. The molecule has 0 saturated heterocycles. The van der Waals surface area contributed by atoms with Crippen LogP contribution in [0.1, 0.15) is 38.8 Å². The first-order chi connectivity index (χ1) is 7.84. The number of benzene rings is 1. The van der Waals surface area contributed by atoms with E-state index in [0.717, 1.165) is 6.42 Å². The summed E-state index contributed by atoms with van der Waals surface area (Å²) < 4.78 is 0. The van der Waals surface area contributed by atoms with Crippen LogP contribution in [0.2, 0.25) is 0 Å². The van der Waals surface area contributed by atoms with Gasteiger partial charge in [0.25, 0.3) is 0 Å². The maximum atomic E-state index is 11.4. The maximum Gasteiger partial charge on any atom is 0.147 e. The molecule has 0 aromatic heterocycles. The third kappa shape index (κ3) is 3.97. The molecule has 0 radical (unpaired) electrons. The van der Waals surface area contributed by atoms with Gasteiger partial charge in [-0.3, -0.25) is 4.79 Å². The summed E-state index contributed by atoms with van der Waals surface area (Å²) in [6.07, 6.45) is 0.760. The molecule has 0 aliphatic rings. The lowest BCUT2D eigenvalue weighted by molar-refractivity contribution is -0.118. The van der Waals surface area contributed by atoms with E-state index in [0.29, 0.717) is 0 Å². The van der Waals surface area contributed by atoms with Gasteiger partial charge in [-0.15, -0.1) is 0 Å². The molecule has 2 nitrogen and oxygen atoms in total. The molecule has 0 aliphatic carbocycles. The summed E-state index contributed by atoms with van der Waals surface area (Å²) in [5.74, 6) is 0.189. The van der Waals surface area contributed by atoms with Crippen molar-refractivity contribution in [3.8, 4) is 0 Å². The Balaban J connectivity index is 2.89. The van der Waals surface area contributed by atoms with Gasteiger partial charge in [0.05, 0.1) is 6.04 Å². The fraction of sp³-hybridized carbons (Fsp3) is 0.533. The van der Waals surface area contributed by atoms with E-state index >= 15 is 0 Å². The summed E-state index contributed by atoms with van der Waals surface area (Å²) >= 11 is 0. The van der Waals surface area contributed by atoms with Gasteiger partial charge in [0, 0.05) is 0 Å². The van der Waals surface area contributed by atoms with Crippen molar-refractivity contribution in [1.29, 1.82) is 0 Å². The highest BCUT2D eigenvalue weighted by atomic mass is 16.1. The van der Waals surface area contributed by atoms with Crippen LogP contribution in [0.25, 0.3) is 0 Å². The second kappa shape index (κ2) is 5.46. The van der Waals surface area contributed by atoms with E-state index in [9.17, 15) is 4.79 Å². The average molecular weight is 233 g/mol. The van der Waals surface area contributed by atoms with Gasteiger partial charge in [0.1, 0.15) is 5.78 Å². The number of hydrogen-bond acceptors (Lipinski definition) is 2. The lowest BCUT2D eigenvalue weighted by Gasteiger charge is -2.20. The molecule has 1 aromatic carbocycles. The van der Waals surface area contributed by atoms with Gasteiger partial charge in [-0.25, -0.2) is 0 Å². The number of nitrogens with one attached hydrogen (secondary N) is 1. The summed E-state index contributed by atoms with van der Waals surface area (Å²) in [5.41, 5.74) is 2.68. The van der Waals surface area contributed by atoms with Crippen LogP contribution in [0.4, 0.5) is 0 Å². The molecule has 0 heterocycles. The highest BCUT2D eigenvalue weighted by Gasteiger charge is 2.16. The van der Waals surface area contributed by atoms with E-state index in [1.54, 1.807) is 6.92 Å².